The van der Waals surface area contributed by atoms with Crippen LogP contribution >= 0.6 is 0 Å². The maximum Gasteiger partial charge on any atom is 0.229 e. The molecule has 0 spiro atoms. The number of aryl methyl sites for hydroxylation is 1. The highest BCUT2D eigenvalue weighted by Gasteiger charge is 2.18. The van der Waals surface area contributed by atoms with Gasteiger partial charge < -0.3 is 24.7 Å². The van der Waals surface area contributed by atoms with Gasteiger partial charge in [-0.15, -0.1) is 0 Å². The van der Waals surface area contributed by atoms with E-state index >= 15 is 0 Å². The molecule has 1 saturated heterocycles. The van der Waals surface area contributed by atoms with Gasteiger partial charge in [0.15, 0.2) is 0 Å². The summed E-state index contributed by atoms with van der Waals surface area (Å²) in [6.07, 6.45) is 0. The number of H-pyrrole nitrogens is 1. The standard InChI is InChI=1S/C19H23N5O2/c1-3-26-16-7-5-4-6-15(16)21-18-14-12-13(2)20-17(14)22-19(23-18)24-8-10-25-11-9-24/h4-7,12H,3,8-11H2,1-2H3,(H2,20,21,22,23). The van der Waals surface area contributed by atoms with E-state index in [2.05, 4.69) is 21.3 Å². The van der Waals surface area contributed by atoms with Crippen molar-refractivity contribution in [2.24, 2.45) is 0 Å². The zero-order valence-electron chi connectivity index (χ0n) is 15.1. The molecule has 7 nitrogen and oxygen atoms in total. The van der Waals surface area contributed by atoms with Crippen LogP contribution in [0.2, 0.25) is 0 Å². The Kier molecular flexibility index (Phi) is 4.62. The monoisotopic (exact) mass is 353 g/mol. The number of nitrogens with one attached hydrogen (secondary N) is 2. The first-order valence-corrected chi connectivity index (χ1v) is 8.93. The number of para-hydroxylation sites is 2. The van der Waals surface area contributed by atoms with Gasteiger partial charge in [0, 0.05) is 18.8 Å². The molecule has 2 aromatic heterocycles. The summed E-state index contributed by atoms with van der Waals surface area (Å²) in [7, 11) is 0. The van der Waals surface area contributed by atoms with Crippen molar-refractivity contribution in [3.63, 3.8) is 0 Å². The van der Waals surface area contributed by atoms with Crippen LogP contribution in [0.4, 0.5) is 17.5 Å². The third kappa shape index (κ3) is 3.30. The van der Waals surface area contributed by atoms with Crippen LogP contribution in [0.1, 0.15) is 12.6 Å². The van der Waals surface area contributed by atoms with Crippen molar-refractivity contribution in [2.45, 2.75) is 13.8 Å². The Morgan fingerprint density at radius 3 is 2.85 bits per heavy atom. The van der Waals surface area contributed by atoms with Crippen LogP contribution in [-0.4, -0.2) is 47.9 Å². The van der Waals surface area contributed by atoms with Gasteiger partial charge in [0.05, 0.1) is 30.9 Å². The average molecular weight is 353 g/mol. The fraction of sp³-hybridized carbons (Fsp3) is 0.368. The quantitative estimate of drug-likeness (QED) is 0.733. The molecule has 0 bridgehead atoms. The fourth-order valence-electron chi connectivity index (χ4n) is 3.11. The van der Waals surface area contributed by atoms with Crippen LogP contribution in [0, 0.1) is 6.92 Å². The first-order chi connectivity index (χ1) is 12.7. The lowest BCUT2D eigenvalue weighted by molar-refractivity contribution is 0.122. The van der Waals surface area contributed by atoms with Gasteiger partial charge in [0.1, 0.15) is 17.2 Å². The molecule has 0 amide bonds. The first-order valence-electron chi connectivity index (χ1n) is 8.93. The zero-order valence-corrected chi connectivity index (χ0v) is 15.1. The molecule has 0 radical (unpaired) electrons. The number of aromatic amines is 1. The number of anilines is 3. The average Bonchev–Trinajstić information content (AvgIpc) is 3.05. The normalized spacial score (nSPS) is 14.6. The molecule has 3 heterocycles. The van der Waals surface area contributed by atoms with Crippen molar-refractivity contribution in [3.8, 4) is 5.75 Å². The predicted molar refractivity (Wildman–Crippen MR) is 103 cm³/mol. The van der Waals surface area contributed by atoms with Crippen molar-refractivity contribution in [1.82, 2.24) is 15.0 Å². The van der Waals surface area contributed by atoms with E-state index in [0.29, 0.717) is 25.8 Å². The van der Waals surface area contributed by atoms with Gasteiger partial charge in [-0.05, 0) is 32.0 Å². The Hall–Kier alpha value is -2.80. The molecule has 26 heavy (non-hydrogen) atoms. The largest absolute Gasteiger partial charge is 0.492 e. The van der Waals surface area contributed by atoms with Crippen molar-refractivity contribution in [3.05, 3.63) is 36.0 Å². The maximum atomic E-state index is 5.73. The Labute approximate surface area is 152 Å². The van der Waals surface area contributed by atoms with Crippen LogP contribution in [0.3, 0.4) is 0 Å². The number of morpholine rings is 1. The van der Waals surface area contributed by atoms with E-state index in [1.165, 1.54) is 0 Å². The molecule has 1 fully saturated rings. The number of ether oxygens (including phenoxy) is 2. The number of benzene rings is 1. The van der Waals surface area contributed by atoms with Gasteiger partial charge in [0.2, 0.25) is 5.95 Å². The lowest BCUT2D eigenvalue weighted by Gasteiger charge is -2.27. The molecule has 0 unspecified atom stereocenters. The summed E-state index contributed by atoms with van der Waals surface area (Å²) >= 11 is 0. The Bertz CT molecular complexity index is 902. The van der Waals surface area contributed by atoms with Gasteiger partial charge in [-0.2, -0.15) is 9.97 Å². The van der Waals surface area contributed by atoms with Crippen LogP contribution in [0.5, 0.6) is 5.75 Å². The van der Waals surface area contributed by atoms with E-state index in [-0.39, 0.29) is 0 Å². The predicted octanol–water partition coefficient (Wildman–Crippen LogP) is 3.25. The molecule has 0 atom stereocenters. The van der Waals surface area contributed by atoms with Crippen LogP contribution < -0.4 is 15.0 Å². The van der Waals surface area contributed by atoms with E-state index in [9.17, 15) is 0 Å². The van der Waals surface area contributed by atoms with Gasteiger partial charge >= 0.3 is 0 Å². The lowest BCUT2D eigenvalue weighted by atomic mass is 10.2. The van der Waals surface area contributed by atoms with Crippen molar-refractivity contribution in [1.29, 1.82) is 0 Å². The number of fused-ring (bicyclic) bond motifs is 1. The summed E-state index contributed by atoms with van der Waals surface area (Å²) in [5, 5.41) is 4.40. The van der Waals surface area contributed by atoms with Gasteiger partial charge in [-0.3, -0.25) is 0 Å². The van der Waals surface area contributed by atoms with Crippen LogP contribution in [-0.2, 0) is 4.74 Å². The Morgan fingerprint density at radius 1 is 1.23 bits per heavy atom. The van der Waals surface area contributed by atoms with Crippen molar-refractivity contribution in [2.75, 3.05) is 43.1 Å². The highest BCUT2D eigenvalue weighted by atomic mass is 16.5. The number of nitrogens with zero attached hydrogens (tertiary/aromatic N) is 3. The number of rotatable bonds is 5. The smallest absolute Gasteiger partial charge is 0.229 e. The summed E-state index contributed by atoms with van der Waals surface area (Å²) in [4.78, 5) is 15.0. The summed E-state index contributed by atoms with van der Waals surface area (Å²) < 4.78 is 11.2. The van der Waals surface area contributed by atoms with Crippen molar-refractivity contribution < 1.29 is 9.47 Å². The fourth-order valence-corrected chi connectivity index (χ4v) is 3.11. The summed E-state index contributed by atoms with van der Waals surface area (Å²) in [6, 6.07) is 9.95. The molecule has 1 aliphatic heterocycles. The van der Waals surface area contributed by atoms with Gasteiger partial charge in [-0.25, -0.2) is 0 Å². The van der Waals surface area contributed by atoms with Crippen molar-refractivity contribution >= 4 is 28.5 Å². The summed E-state index contributed by atoms with van der Waals surface area (Å²) in [6.45, 7) is 7.59. The molecular weight excluding hydrogens is 330 g/mol. The minimum atomic E-state index is 0.611. The minimum absolute atomic E-state index is 0.611. The Balaban J connectivity index is 1.75. The summed E-state index contributed by atoms with van der Waals surface area (Å²) in [5.41, 5.74) is 2.77. The lowest BCUT2D eigenvalue weighted by Crippen LogP contribution is -2.37. The topological polar surface area (TPSA) is 75.3 Å². The van der Waals surface area contributed by atoms with E-state index in [4.69, 9.17) is 19.4 Å². The van der Waals surface area contributed by atoms with Gasteiger partial charge in [-0.1, -0.05) is 12.1 Å². The van der Waals surface area contributed by atoms with Crippen LogP contribution in [0.15, 0.2) is 30.3 Å². The minimum Gasteiger partial charge on any atom is -0.492 e. The molecule has 136 valence electrons. The molecule has 2 N–H and O–H groups in total. The molecule has 7 heteroatoms. The number of hydrogen-bond acceptors (Lipinski definition) is 6. The summed E-state index contributed by atoms with van der Waals surface area (Å²) in [5.74, 6) is 2.29. The third-order valence-corrected chi connectivity index (χ3v) is 4.34. The van der Waals surface area contributed by atoms with E-state index < -0.39 is 0 Å². The SMILES string of the molecule is CCOc1ccccc1Nc1nc(N2CCOCC2)nc2[nH]c(C)cc12. The highest BCUT2D eigenvalue weighted by molar-refractivity contribution is 5.91. The van der Waals surface area contributed by atoms with Crippen LogP contribution in [0.25, 0.3) is 11.0 Å². The molecule has 0 aliphatic carbocycles. The highest BCUT2D eigenvalue weighted by Crippen LogP contribution is 2.31. The van der Waals surface area contributed by atoms with Gasteiger partial charge in [0.25, 0.3) is 0 Å². The zero-order chi connectivity index (χ0) is 17.9. The molecule has 0 saturated carbocycles. The number of hydrogen-bond donors (Lipinski definition) is 2. The number of aromatic nitrogens is 3. The molecule has 1 aromatic carbocycles. The van der Waals surface area contributed by atoms with E-state index in [1.54, 1.807) is 0 Å². The second kappa shape index (κ2) is 7.21. The molecule has 4 rings (SSSR count). The molecule has 1 aliphatic rings. The molecular formula is C19H23N5O2. The maximum absolute atomic E-state index is 5.73. The Morgan fingerprint density at radius 2 is 2.04 bits per heavy atom. The third-order valence-electron chi connectivity index (χ3n) is 4.34. The second-order valence-corrected chi connectivity index (χ2v) is 6.24. The first kappa shape index (κ1) is 16.7. The van der Waals surface area contributed by atoms with E-state index in [0.717, 1.165) is 47.1 Å². The molecule has 3 aromatic rings. The second-order valence-electron chi connectivity index (χ2n) is 6.24. The van der Waals surface area contributed by atoms with E-state index in [1.807, 2.05) is 38.1 Å².